The predicted molar refractivity (Wildman–Crippen MR) is 69.1 cm³/mol. The van der Waals surface area contributed by atoms with Crippen LogP contribution in [0.15, 0.2) is 18.2 Å². The normalized spacial score (nSPS) is 11.8. The number of ether oxygens (including phenoxy) is 1. The number of hydrogen-bond acceptors (Lipinski definition) is 3. The molecule has 0 aliphatic carbocycles. The predicted octanol–water partition coefficient (Wildman–Crippen LogP) is 2.04. The maximum absolute atomic E-state index is 11.5. The first-order valence-electron chi connectivity index (χ1n) is 5.90. The van der Waals surface area contributed by atoms with Crippen LogP contribution in [0, 0.1) is 13.8 Å². The standard InChI is InChI=1S/C14H19NO3/c1-9-5-6-13(7-10(9)2)11(3)15-14(17)8-18-12(4)16/h5-7,11H,8H2,1-4H3,(H,15,17). The Morgan fingerprint density at radius 2 is 1.94 bits per heavy atom. The third-order valence-corrected chi connectivity index (χ3v) is 2.81. The topological polar surface area (TPSA) is 55.4 Å². The molecule has 1 N–H and O–H groups in total. The molecule has 1 aromatic rings. The second kappa shape index (κ2) is 6.19. The van der Waals surface area contributed by atoms with E-state index >= 15 is 0 Å². The number of esters is 1. The summed E-state index contributed by atoms with van der Waals surface area (Å²) >= 11 is 0. The van der Waals surface area contributed by atoms with Crippen molar-refractivity contribution >= 4 is 11.9 Å². The number of carbonyl (C=O) groups excluding carboxylic acids is 2. The van der Waals surface area contributed by atoms with Crippen molar-refractivity contribution in [1.29, 1.82) is 0 Å². The van der Waals surface area contributed by atoms with Crippen LogP contribution in [0.1, 0.15) is 36.6 Å². The Bertz CT molecular complexity index is 454. The van der Waals surface area contributed by atoms with Crippen molar-refractivity contribution in [2.45, 2.75) is 33.7 Å². The van der Waals surface area contributed by atoms with Gasteiger partial charge in [-0.3, -0.25) is 9.59 Å². The second-order valence-corrected chi connectivity index (χ2v) is 4.41. The lowest BCUT2D eigenvalue weighted by atomic mass is 10.0. The monoisotopic (exact) mass is 249 g/mol. The molecule has 0 aliphatic rings. The fourth-order valence-corrected chi connectivity index (χ4v) is 1.57. The van der Waals surface area contributed by atoms with Gasteiger partial charge in [0, 0.05) is 6.92 Å². The molecular formula is C14H19NO3. The van der Waals surface area contributed by atoms with Gasteiger partial charge < -0.3 is 10.1 Å². The molecule has 0 aliphatic heterocycles. The highest BCUT2D eigenvalue weighted by Crippen LogP contribution is 2.16. The smallest absolute Gasteiger partial charge is 0.303 e. The van der Waals surface area contributed by atoms with Gasteiger partial charge in [0.2, 0.25) is 0 Å². The van der Waals surface area contributed by atoms with Crippen LogP contribution in [0.3, 0.4) is 0 Å². The number of hydrogen-bond donors (Lipinski definition) is 1. The van der Waals surface area contributed by atoms with E-state index < -0.39 is 5.97 Å². The van der Waals surface area contributed by atoms with Gasteiger partial charge in [-0.2, -0.15) is 0 Å². The van der Waals surface area contributed by atoms with E-state index in [1.54, 1.807) is 0 Å². The molecule has 18 heavy (non-hydrogen) atoms. The molecule has 4 heteroatoms. The molecule has 1 unspecified atom stereocenters. The average molecular weight is 249 g/mol. The molecule has 0 saturated carbocycles. The van der Waals surface area contributed by atoms with Crippen LogP contribution in [-0.2, 0) is 14.3 Å². The minimum absolute atomic E-state index is 0.104. The number of amides is 1. The zero-order valence-electron chi connectivity index (χ0n) is 11.2. The number of rotatable bonds is 4. The quantitative estimate of drug-likeness (QED) is 0.831. The highest BCUT2D eigenvalue weighted by Gasteiger charge is 2.11. The van der Waals surface area contributed by atoms with E-state index in [9.17, 15) is 9.59 Å². The molecule has 1 rings (SSSR count). The van der Waals surface area contributed by atoms with Crippen molar-refractivity contribution in [3.05, 3.63) is 34.9 Å². The van der Waals surface area contributed by atoms with Gasteiger partial charge in [-0.05, 0) is 37.5 Å². The average Bonchev–Trinajstić information content (AvgIpc) is 2.30. The largest absolute Gasteiger partial charge is 0.456 e. The van der Waals surface area contributed by atoms with Gasteiger partial charge in [-0.15, -0.1) is 0 Å². The molecule has 4 nitrogen and oxygen atoms in total. The van der Waals surface area contributed by atoms with Gasteiger partial charge in [0.05, 0.1) is 6.04 Å². The zero-order chi connectivity index (χ0) is 13.7. The van der Waals surface area contributed by atoms with Gasteiger partial charge in [-0.25, -0.2) is 0 Å². The summed E-state index contributed by atoms with van der Waals surface area (Å²) in [5, 5.41) is 2.78. The Kier molecular flexibility index (Phi) is 4.89. The molecule has 1 amide bonds. The molecule has 1 aromatic carbocycles. The Hall–Kier alpha value is -1.84. The molecule has 98 valence electrons. The zero-order valence-corrected chi connectivity index (χ0v) is 11.2. The van der Waals surface area contributed by atoms with Crippen LogP contribution >= 0.6 is 0 Å². The highest BCUT2D eigenvalue weighted by molar-refractivity contribution is 5.80. The van der Waals surface area contributed by atoms with Crippen molar-refractivity contribution in [2.75, 3.05) is 6.61 Å². The summed E-state index contributed by atoms with van der Waals surface area (Å²) in [6.07, 6.45) is 0. The Labute approximate surface area is 107 Å². The first kappa shape index (κ1) is 14.2. The van der Waals surface area contributed by atoms with E-state index in [0.717, 1.165) is 5.56 Å². The molecule has 0 bridgehead atoms. The van der Waals surface area contributed by atoms with Crippen LogP contribution in [0.4, 0.5) is 0 Å². The molecule has 0 aromatic heterocycles. The second-order valence-electron chi connectivity index (χ2n) is 4.41. The lowest BCUT2D eigenvalue weighted by molar-refractivity contribution is -0.146. The van der Waals surface area contributed by atoms with Crippen molar-refractivity contribution in [2.24, 2.45) is 0 Å². The summed E-state index contributed by atoms with van der Waals surface area (Å²) in [4.78, 5) is 22.1. The molecule has 0 radical (unpaired) electrons. The first-order chi connectivity index (χ1) is 8.40. The minimum atomic E-state index is -0.455. The summed E-state index contributed by atoms with van der Waals surface area (Å²) in [6, 6.07) is 5.96. The van der Waals surface area contributed by atoms with Crippen molar-refractivity contribution in [3.8, 4) is 0 Å². The van der Waals surface area contributed by atoms with Gasteiger partial charge in [0.15, 0.2) is 6.61 Å². The minimum Gasteiger partial charge on any atom is -0.456 e. The third kappa shape index (κ3) is 4.20. The Balaban J connectivity index is 2.59. The molecule has 0 saturated heterocycles. The maximum Gasteiger partial charge on any atom is 0.303 e. The molecule has 0 spiro atoms. The van der Waals surface area contributed by atoms with Crippen LogP contribution in [0.2, 0.25) is 0 Å². The van der Waals surface area contributed by atoms with E-state index in [4.69, 9.17) is 0 Å². The van der Waals surface area contributed by atoms with E-state index in [0.29, 0.717) is 0 Å². The van der Waals surface area contributed by atoms with Gasteiger partial charge in [-0.1, -0.05) is 18.2 Å². The van der Waals surface area contributed by atoms with Crippen molar-refractivity contribution in [1.82, 2.24) is 5.32 Å². The van der Waals surface area contributed by atoms with Crippen LogP contribution in [0.25, 0.3) is 0 Å². The summed E-state index contributed by atoms with van der Waals surface area (Å²) in [7, 11) is 0. The lowest BCUT2D eigenvalue weighted by Gasteiger charge is -2.15. The van der Waals surface area contributed by atoms with Gasteiger partial charge in [0.25, 0.3) is 5.91 Å². The molecular weight excluding hydrogens is 230 g/mol. The summed E-state index contributed by atoms with van der Waals surface area (Å²) in [5.74, 6) is -0.750. The lowest BCUT2D eigenvalue weighted by Crippen LogP contribution is -2.30. The summed E-state index contributed by atoms with van der Waals surface area (Å²) < 4.78 is 4.63. The van der Waals surface area contributed by atoms with E-state index in [1.807, 2.05) is 39.0 Å². The Morgan fingerprint density at radius 1 is 1.28 bits per heavy atom. The molecule has 0 heterocycles. The van der Waals surface area contributed by atoms with Crippen molar-refractivity contribution < 1.29 is 14.3 Å². The van der Waals surface area contributed by atoms with Crippen molar-refractivity contribution in [3.63, 3.8) is 0 Å². The van der Waals surface area contributed by atoms with E-state index in [2.05, 4.69) is 10.1 Å². The molecule has 1 atom stereocenters. The fraction of sp³-hybridized carbons (Fsp3) is 0.429. The number of benzene rings is 1. The van der Waals surface area contributed by atoms with E-state index in [1.165, 1.54) is 18.1 Å². The molecule has 0 fully saturated rings. The summed E-state index contributed by atoms with van der Waals surface area (Å²) in [5.41, 5.74) is 3.44. The van der Waals surface area contributed by atoms with Crippen LogP contribution in [0.5, 0.6) is 0 Å². The van der Waals surface area contributed by atoms with Crippen LogP contribution in [-0.4, -0.2) is 18.5 Å². The number of nitrogens with one attached hydrogen (secondary N) is 1. The Morgan fingerprint density at radius 3 is 2.50 bits per heavy atom. The number of carbonyl (C=O) groups is 2. The third-order valence-electron chi connectivity index (χ3n) is 2.81. The highest BCUT2D eigenvalue weighted by atomic mass is 16.5. The van der Waals surface area contributed by atoms with Crippen LogP contribution < -0.4 is 5.32 Å². The summed E-state index contributed by atoms with van der Waals surface area (Å²) in [6.45, 7) is 7.02. The van der Waals surface area contributed by atoms with Gasteiger partial charge >= 0.3 is 5.97 Å². The first-order valence-corrected chi connectivity index (χ1v) is 5.90. The van der Waals surface area contributed by atoms with Gasteiger partial charge in [0.1, 0.15) is 0 Å². The number of aryl methyl sites for hydroxylation is 2. The SMILES string of the molecule is CC(=O)OCC(=O)NC(C)c1ccc(C)c(C)c1. The maximum atomic E-state index is 11.5. The van der Waals surface area contributed by atoms with E-state index in [-0.39, 0.29) is 18.6 Å². The fourth-order valence-electron chi connectivity index (χ4n) is 1.57.